The van der Waals surface area contributed by atoms with Crippen LogP contribution < -0.4 is 5.32 Å². The zero-order valence-electron chi connectivity index (χ0n) is 9.50. The standard InChI is InChI=1S/C11H20N2O/c1-11(2,3)13(4)10(14)9-7-5-12-6-8(7)9/h7-9,12H,5-6H2,1-4H3/t7-,8+,9?. The number of hydrogen-bond acceptors (Lipinski definition) is 2. The van der Waals surface area contributed by atoms with Gasteiger partial charge in [-0.15, -0.1) is 0 Å². The second-order valence-electron chi connectivity index (χ2n) is 5.58. The van der Waals surface area contributed by atoms with Gasteiger partial charge in [0.05, 0.1) is 0 Å². The summed E-state index contributed by atoms with van der Waals surface area (Å²) in [6.45, 7) is 8.34. The van der Waals surface area contributed by atoms with Gasteiger partial charge in [-0.1, -0.05) is 0 Å². The Hall–Kier alpha value is -0.570. The van der Waals surface area contributed by atoms with Crippen LogP contribution in [0.3, 0.4) is 0 Å². The van der Waals surface area contributed by atoms with Crippen LogP contribution in [0.4, 0.5) is 0 Å². The molecule has 1 amide bonds. The van der Waals surface area contributed by atoms with E-state index in [2.05, 4.69) is 26.1 Å². The molecule has 0 spiro atoms. The van der Waals surface area contributed by atoms with Crippen molar-refractivity contribution in [3.05, 3.63) is 0 Å². The summed E-state index contributed by atoms with van der Waals surface area (Å²) in [7, 11) is 1.92. The van der Waals surface area contributed by atoms with Crippen LogP contribution in [0.25, 0.3) is 0 Å². The van der Waals surface area contributed by atoms with E-state index in [9.17, 15) is 4.79 Å². The van der Waals surface area contributed by atoms with Gasteiger partial charge in [-0.25, -0.2) is 0 Å². The largest absolute Gasteiger partial charge is 0.341 e. The van der Waals surface area contributed by atoms with Crippen LogP contribution in [0.2, 0.25) is 0 Å². The Morgan fingerprint density at radius 3 is 2.21 bits per heavy atom. The first-order valence-corrected chi connectivity index (χ1v) is 5.41. The van der Waals surface area contributed by atoms with Gasteiger partial charge in [0.2, 0.25) is 5.91 Å². The first-order valence-electron chi connectivity index (χ1n) is 5.41. The molecule has 1 aliphatic carbocycles. The molecule has 1 saturated carbocycles. The predicted octanol–water partition coefficient (Wildman–Crippen LogP) is 0.709. The normalized spacial score (nSPS) is 35.3. The molecular formula is C11H20N2O. The van der Waals surface area contributed by atoms with E-state index in [1.807, 2.05) is 11.9 Å². The Bertz CT molecular complexity index is 247. The summed E-state index contributed by atoms with van der Waals surface area (Å²) in [5.74, 6) is 1.93. The number of rotatable bonds is 1. The maximum Gasteiger partial charge on any atom is 0.226 e. The molecule has 80 valence electrons. The smallest absolute Gasteiger partial charge is 0.226 e. The van der Waals surface area contributed by atoms with Crippen molar-refractivity contribution in [2.75, 3.05) is 20.1 Å². The third-order valence-electron chi connectivity index (χ3n) is 3.71. The number of carbonyl (C=O) groups is 1. The van der Waals surface area contributed by atoms with Crippen molar-refractivity contribution in [1.82, 2.24) is 10.2 Å². The van der Waals surface area contributed by atoms with Gasteiger partial charge in [-0.05, 0) is 45.7 Å². The van der Waals surface area contributed by atoms with E-state index >= 15 is 0 Å². The molecule has 2 fully saturated rings. The highest BCUT2D eigenvalue weighted by Gasteiger charge is 2.58. The average molecular weight is 196 g/mol. The summed E-state index contributed by atoms with van der Waals surface area (Å²) < 4.78 is 0. The third kappa shape index (κ3) is 1.44. The fourth-order valence-corrected chi connectivity index (χ4v) is 2.34. The van der Waals surface area contributed by atoms with E-state index in [0.29, 0.717) is 23.7 Å². The number of carbonyl (C=O) groups excluding carboxylic acids is 1. The molecule has 3 nitrogen and oxygen atoms in total. The number of hydrogen-bond donors (Lipinski definition) is 1. The van der Waals surface area contributed by atoms with Gasteiger partial charge < -0.3 is 10.2 Å². The molecule has 1 unspecified atom stereocenters. The number of amides is 1. The monoisotopic (exact) mass is 196 g/mol. The lowest BCUT2D eigenvalue weighted by atomic mass is 10.1. The lowest BCUT2D eigenvalue weighted by Crippen LogP contribution is -2.44. The van der Waals surface area contributed by atoms with E-state index < -0.39 is 0 Å². The molecule has 0 aromatic carbocycles. The first kappa shape index (κ1) is 9.97. The van der Waals surface area contributed by atoms with Crippen molar-refractivity contribution in [3.63, 3.8) is 0 Å². The van der Waals surface area contributed by atoms with Crippen LogP contribution in [-0.2, 0) is 4.79 Å². The maximum atomic E-state index is 12.1. The number of nitrogens with one attached hydrogen (secondary N) is 1. The van der Waals surface area contributed by atoms with Crippen LogP contribution in [0.1, 0.15) is 20.8 Å². The minimum absolute atomic E-state index is 0.0403. The molecule has 1 N–H and O–H groups in total. The summed E-state index contributed by atoms with van der Waals surface area (Å²) in [5.41, 5.74) is -0.0403. The van der Waals surface area contributed by atoms with Gasteiger partial charge in [0.1, 0.15) is 0 Å². The molecule has 0 aromatic heterocycles. The summed E-state index contributed by atoms with van der Waals surface area (Å²) in [6.07, 6.45) is 0. The van der Waals surface area contributed by atoms with Crippen LogP contribution in [0.5, 0.6) is 0 Å². The van der Waals surface area contributed by atoms with Crippen molar-refractivity contribution in [1.29, 1.82) is 0 Å². The summed E-state index contributed by atoms with van der Waals surface area (Å²) in [4.78, 5) is 14.0. The van der Waals surface area contributed by atoms with Gasteiger partial charge in [-0.3, -0.25) is 4.79 Å². The zero-order chi connectivity index (χ0) is 10.5. The van der Waals surface area contributed by atoms with Gasteiger partial charge in [0, 0.05) is 18.5 Å². The Balaban J connectivity index is 1.97. The van der Waals surface area contributed by atoms with Crippen LogP contribution in [0, 0.1) is 17.8 Å². The van der Waals surface area contributed by atoms with Gasteiger partial charge >= 0.3 is 0 Å². The van der Waals surface area contributed by atoms with E-state index in [1.54, 1.807) is 0 Å². The molecule has 3 atom stereocenters. The maximum absolute atomic E-state index is 12.1. The fraction of sp³-hybridized carbons (Fsp3) is 0.909. The second-order valence-corrected chi connectivity index (χ2v) is 5.58. The van der Waals surface area contributed by atoms with Gasteiger partial charge in [0.25, 0.3) is 0 Å². The quantitative estimate of drug-likeness (QED) is 0.670. The lowest BCUT2D eigenvalue weighted by Gasteiger charge is -2.32. The molecule has 0 radical (unpaired) electrons. The minimum atomic E-state index is -0.0403. The van der Waals surface area contributed by atoms with E-state index in [1.165, 1.54) is 0 Å². The molecule has 1 aliphatic heterocycles. The van der Waals surface area contributed by atoms with Crippen LogP contribution in [-0.4, -0.2) is 36.5 Å². The summed E-state index contributed by atoms with van der Waals surface area (Å²) in [5, 5.41) is 3.31. The predicted molar refractivity (Wildman–Crippen MR) is 55.9 cm³/mol. The highest BCUT2D eigenvalue weighted by Crippen LogP contribution is 2.49. The number of nitrogens with zero attached hydrogens (tertiary/aromatic N) is 1. The molecule has 2 rings (SSSR count). The molecule has 0 aromatic rings. The van der Waals surface area contributed by atoms with E-state index in [-0.39, 0.29) is 5.54 Å². The fourth-order valence-electron chi connectivity index (χ4n) is 2.34. The Labute approximate surface area is 85.8 Å². The van der Waals surface area contributed by atoms with E-state index in [0.717, 1.165) is 13.1 Å². The molecular weight excluding hydrogens is 176 g/mol. The summed E-state index contributed by atoms with van der Waals surface area (Å²) >= 11 is 0. The first-order chi connectivity index (χ1) is 6.43. The Kier molecular flexibility index (Phi) is 2.11. The van der Waals surface area contributed by atoms with Crippen molar-refractivity contribution in [2.45, 2.75) is 26.3 Å². The molecule has 3 heteroatoms. The average Bonchev–Trinajstić information content (AvgIpc) is 2.55. The SMILES string of the molecule is CN(C(=O)C1[C@H]2CNC[C@@H]12)C(C)(C)C. The number of piperidine rings is 1. The number of fused-ring (bicyclic) bond motifs is 1. The topological polar surface area (TPSA) is 32.3 Å². The minimum Gasteiger partial charge on any atom is -0.341 e. The zero-order valence-corrected chi connectivity index (χ0v) is 9.50. The van der Waals surface area contributed by atoms with Crippen molar-refractivity contribution in [2.24, 2.45) is 17.8 Å². The molecule has 2 aliphatic rings. The van der Waals surface area contributed by atoms with Crippen molar-refractivity contribution < 1.29 is 4.79 Å². The summed E-state index contributed by atoms with van der Waals surface area (Å²) in [6, 6.07) is 0. The lowest BCUT2D eigenvalue weighted by molar-refractivity contribution is -0.136. The van der Waals surface area contributed by atoms with Crippen molar-refractivity contribution in [3.8, 4) is 0 Å². The molecule has 14 heavy (non-hydrogen) atoms. The molecule has 0 bridgehead atoms. The highest BCUT2D eigenvalue weighted by molar-refractivity contribution is 5.83. The molecule has 1 heterocycles. The van der Waals surface area contributed by atoms with Gasteiger partial charge in [-0.2, -0.15) is 0 Å². The molecule has 1 saturated heterocycles. The Morgan fingerprint density at radius 2 is 1.79 bits per heavy atom. The highest BCUT2D eigenvalue weighted by atomic mass is 16.2. The van der Waals surface area contributed by atoms with Gasteiger partial charge in [0.15, 0.2) is 0 Å². The third-order valence-corrected chi connectivity index (χ3v) is 3.71. The Morgan fingerprint density at radius 1 is 1.29 bits per heavy atom. The van der Waals surface area contributed by atoms with Crippen molar-refractivity contribution >= 4 is 5.91 Å². The van der Waals surface area contributed by atoms with Crippen LogP contribution in [0.15, 0.2) is 0 Å². The second kappa shape index (κ2) is 2.96. The van der Waals surface area contributed by atoms with Crippen LogP contribution >= 0.6 is 0 Å². The van der Waals surface area contributed by atoms with E-state index in [4.69, 9.17) is 0 Å².